The number of hydrogen-bond donors (Lipinski definition) is 1. The predicted molar refractivity (Wildman–Crippen MR) is 112 cm³/mol. The number of benzene rings is 1. The molecule has 156 valence electrons. The van der Waals surface area contributed by atoms with Crippen LogP contribution in [0.15, 0.2) is 24.3 Å². The molecule has 29 heavy (non-hydrogen) atoms. The highest BCUT2D eigenvalue weighted by molar-refractivity contribution is 6.31. The Morgan fingerprint density at radius 3 is 2.59 bits per heavy atom. The van der Waals surface area contributed by atoms with E-state index in [0.717, 1.165) is 31.2 Å². The van der Waals surface area contributed by atoms with Crippen LogP contribution < -0.4 is 5.32 Å². The van der Waals surface area contributed by atoms with Crippen molar-refractivity contribution in [3.05, 3.63) is 51.8 Å². The lowest BCUT2D eigenvalue weighted by molar-refractivity contribution is -0.125. The first-order valence-corrected chi connectivity index (χ1v) is 10.5. The fourth-order valence-electron chi connectivity index (χ4n) is 3.81. The molecule has 7 heteroatoms. The zero-order valence-corrected chi connectivity index (χ0v) is 18.0. The zero-order valence-electron chi connectivity index (χ0n) is 17.2. The number of nitrogens with one attached hydrogen (secondary N) is 1. The third-order valence-corrected chi connectivity index (χ3v) is 5.95. The van der Waals surface area contributed by atoms with Gasteiger partial charge in [-0.3, -0.25) is 9.48 Å². The number of esters is 1. The quantitative estimate of drug-likeness (QED) is 0.719. The van der Waals surface area contributed by atoms with Gasteiger partial charge in [0, 0.05) is 11.1 Å². The Kier molecular flexibility index (Phi) is 6.96. The molecule has 0 bridgehead atoms. The molecule has 1 N–H and O–H groups in total. The summed E-state index contributed by atoms with van der Waals surface area (Å²) in [5.41, 5.74) is 2.58. The molecule has 0 atom stereocenters. The molecule has 0 unspecified atom stereocenters. The summed E-state index contributed by atoms with van der Waals surface area (Å²) in [7, 11) is 0. The summed E-state index contributed by atoms with van der Waals surface area (Å²) in [5, 5.41) is 8.07. The lowest BCUT2D eigenvalue weighted by atomic mass is 9.87. The molecule has 1 aliphatic rings. The molecule has 0 spiro atoms. The van der Waals surface area contributed by atoms with Gasteiger partial charge >= 0.3 is 5.97 Å². The molecule has 1 heterocycles. The number of carbonyl (C=O) groups excluding carboxylic acids is 2. The minimum absolute atomic E-state index is 0.180. The van der Waals surface area contributed by atoms with Gasteiger partial charge in [0.05, 0.1) is 17.9 Å². The summed E-state index contributed by atoms with van der Waals surface area (Å²) < 4.78 is 7.00. The van der Waals surface area contributed by atoms with Crippen molar-refractivity contribution < 1.29 is 14.3 Å². The number of aryl methyl sites for hydroxylation is 1. The van der Waals surface area contributed by atoms with Crippen LogP contribution in [0.25, 0.3) is 0 Å². The van der Waals surface area contributed by atoms with E-state index in [1.807, 2.05) is 31.2 Å². The van der Waals surface area contributed by atoms with Gasteiger partial charge in [-0.1, -0.05) is 36.7 Å². The fourth-order valence-corrected chi connectivity index (χ4v) is 4.01. The maximum atomic E-state index is 12.6. The van der Waals surface area contributed by atoms with Crippen LogP contribution >= 0.6 is 11.6 Å². The number of carbonyl (C=O) groups is 2. The van der Waals surface area contributed by atoms with Crippen LogP contribution in [-0.2, 0) is 16.1 Å². The monoisotopic (exact) mass is 417 g/mol. The first-order chi connectivity index (χ1) is 13.8. The van der Waals surface area contributed by atoms with Crippen molar-refractivity contribution in [3.8, 4) is 0 Å². The van der Waals surface area contributed by atoms with Crippen LogP contribution in [-0.4, -0.2) is 34.3 Å². The molecule has 0 saturated heterocycles. The van der Waals surface area contributed by atoms with Gasteiger partial charge in [-0.2, -0.15) is 5.10 Å². The summed E-state index contributed by atoms with van der Waals surface area (Å²) in [6, 6.07) is 7.71. The SMILES string of the molecule is Cc1nn(Cc2ccccc2Cl)c(C)c1C(=O)OCC(=O)NC1CCC(C)CC1. The van der Waals surface area contributed by atoms with Crippen molar-refractivity contribution in [3.63, 3.8) is 0 Å². The Bertz CT molecular complexity index is 885. The summed E-state index contributed by atoms with van der Waals surface area (Å²) in [5.74, 6) is -0.0660. The second kappa shape index (κ2) is 9.44. The van der Waals surface area contributed by atoms with Gasteiger partial charge in [0.25, 0.3) is 5.91 Å². The molecule has 1 aromatic heterocycles. The molecule has 0 radical (unpaired) electrons. The number of halogens is 1. The molecule has 1 saturated carbocycles. The second-order valence-electron chi connectivity index (χ2n) is 7.90. The average molecular weight is 418 g/mol. The number of hydrogen-bond acceptors (Lipinski definition) is 4. The highest BCUT2D eigenvalue weighted by atomic mass is 35.5. The number of aromatic nitrogens is 2. The van der Waals surface area contributed by atoms with Crippen LogP contribution in [0.5, 0.6) is 0 Å². The van der Waals surface area contributed by atoms with Crippen LogP contribution in [0.3, 0.4) is 0 Å². The van der Waals surface area contributed by atoms with Gasteiger partial charge < -0.3 is 10.1 Å². The molecule has 0 aliphatic heterocycles. The van der Waals surface area contributed by atoms with Crippen molar-refractivity contribution in [2.75, 3.05) is 6.61 Å². The second-order valence-corrected chi connectivity index (χ2v) is 8.30. The van der Waals surface area contributed by atoms with E-state index in [2.05, 4.69) is 17.3 Å². The summed E-state index contributed by atoms with van der Waals surface area (Å²) >= 11 is 6.23. The van der Waals surface area contributed by atoms with E-state index >= 15 is 0 Å². The van der Waals surface area contributed by atoms with E-state index < -0.39 is 5.97 Å². The molecule has 1 aliphatic carbocycles. The fraction of sp³-hybridized carbons (Fsp3) is 0.500. The third kappa shape index (κ3) is 5.38. The van der Waals surface area contributed by atoms with Crippen LogP contribution in [0.4, 0.5) is 0 Å². The zero-order chi connectivity index (χ0) is 21.0. The molecule has 3 rings (SSSR count). The highest BCUT2D eigenvalue weighted by Gasteiger charge is 2.23. The summed E-state index contributed by atoms with van der Waals surface area (Å²) in [4.78, 5) is 24.7. The Morgan fingerprint density at radius 2 is 1.90 bits per heavy atom. The molecule has 1 aromatic carbocycles. The standard InChI is InChI=1S/C22H28ClN3O3/c1-14-8-10-18(11-9-14)24-20(27)13-29-22(28)21-15(2)25-26(16(21)3)12-17-6-4-5-7-19(17)23/h4-7,14,18H,8-13H2,1-3H3,(H,24,27). The Hall–Kier alpha value is -2.34. The van der Waals surface area contributed by atoms with Gasteiger partial charge in [-0.15, -0.1) is 0 Å². The Balaban J connectivity index is 1.58. The minimum atomic E-state index is -0.530. The maximum absolute atomic E-state index is 12.6. The Labute approximate surface area is 176 Å². The lowest BCUT2D eigenvalue weighted by Gasteiger charge is -2.26. The average Bonchev–Trinajstić information content (AvgIpc) is 2.97. The number of nitrogens with zero attached hydrogens (tertiary/aromatic N) is 2. The molecule has 1 fully saturated rings. The normalized spacial score (nSPS) is 19.0. The van der Waals surface area contributed by atoms with Gasteiger partial charge in [0.15, 0.2) is 6.61 Å². The van der Waals surface area contributed by atoms with E-state index in [-0.39, 0.29) is 18.6 Å². The topological polar surface area (TPSA) is 73.2 Å². The molecule has 2 aromatic rings. The van der Waals surface area contributed by atoms with Gasteiger partial charge in [-0.25, -0.2) is 4.79 Å². The number of rotatable bonds is 6. The van der Waals surface area contributed by atoms with Crippen molar-refractivity contribution >= 4 is 23.5 Å². The first kappa shape index (κ1) is 21.4. The van der Waals surface area contributed by atoms with E-state index in [4.69, 9.17) is 16.3 Å². The van der Waals surface area contributed by atoms with E-state index in [0.29, 0.717) is 34.4 Å². The third-order valence-electron chi connectivity index (χ3n) is 5.58. The first-order valence-electron chi connectivity index (χ1n) is 10.1. The molecule has 1 amide bonds. The van der Waals surface area contributed by atoms with Gasteiger partial charge in [0.1, 0.15) is 5.56 Å². The van der Waals surface area contributed by atoms with E-state index in [9.17, 15) is 9.59 Å². The van der Waals surface area contributed by atoms with Crippen LogP contribution in [0.2, 0.25) is 5.02 Å². The summed E-state index contributed by atoms with van der Waals surface area (Å²) in [6.07, 6.45) is 4.20. The number of amides is 1. The smallest absolute Gasteiger partial charge is 0.342 e. The molecule has 6 nitrogen and oxygen atoms in total. The van der Waals surface area contributed by atoms with Crippen molar-refractivity contribution in [1.29, 1.82) is 0 Å². The van der Waals surface area contributed by atoms with Gasteiger partial charge in [0.2, 0.25) is 0 Å². The van der Waals surface area contributed by atoms with E-state index in [1.165, 1.54) is 0 Å². The van der Waals surface area contributed by atoms with Crippen LogP contribution in [0.1, 0.15) is 59.9 Å². The van der Waals surface area contributed by atoms with Crippen molar-refractivity contribution in [2.24, 2.45) is 5.92 Å². The lowest BCUT2D eigenvalue weighted by Crippen LogP contribution is -2.39. The largest absolute Gasteiger partial charge is 0.452 e. The van der Waals surface area contributed by atoms with Crippen LogP contribution in [0, 0.1) is 19.8 Å². The maximum Gasteiger partial charge on any atom is 0.342 e. The summed E-state index contributed by atoms with van der Waals surface area (Å²) in [6.45, 7) is 5.99. The predicted octanol–water partition coefficient (Wildman–Crippen LogP) is 4.05. The number of ether oxygens (including phenoxy) is 1. The van der Waals surface area contributed by atoms with E-state index in [1.54, 1.807) is 11.6 Å². The minimum Gasteiger partial charge on any atom is -0.452 e. The van der Waals surface area contributed by atoms with Crippen molar-refractivity contribution in [1.82, 2.24) is 15.1 Å². The molecular weight excluding hydrogens is 390 g/mol. The Morgan fingerprint density at radius 1 is 1.21 bits per heavy atom. The highest BCUT2D eigenvalue weighted by Crippen LogP contribution is 2.23. The molecular formula is C22H28ClN3O3. The van der Waals surface area contributed by atoms with Gasteiger partial charge in [-0.05, 0) is 57.1 Å². The van der Waals surface area contributed by atoms with Crippen molar-refractivity contribution in [2.45, 2.75) is 59.0 Å².